The van der Waals surface area contributed by atoms with E-state index in [1.807, 2.05) is 0 Å². The van der Waals surface area contributed by atoms with Crippen molar-refractivity contribution < 1.29 is 23.9 Å². The van der Waals surface area contributed by atoms with Crippen LogP contribution in [0.1, 0.15) is 18.6 Å². The Bertz CT molecular complexity index is 618. The molecule has 0 aliphatic carbocycles. The largest absolute Gasteiger partial charge is 0.481 e. The van der Waals surface area contributed by atoms with E-state index in [0.29, 0.717) is 31.1 Å². The SMILES string of the molecule is O=C(O)CC1CSCCN1C(=O)C1CC(=O)N(Cc2ccco2)C1. The molecule has 24 heavy (non-hydrogen) atoms. The first-order chi connectivity index (χ1) is 11.5. The standard InChI is InChI=1S/C16H20N2O5S/c19-14-6-11(8-17(14)9-13-2-1-4-23-13)16(22)18-3-5-24-10-12(18)7-15(20)21/h1-2,4,11-12H,3,5-10H2,(H,20,21). The van der Waals surface area contributed by atoms with E-state index in [4.69, 9.17) is 9.52 Å². The summed E-state index contributed by atoms with van der Waals surface area (Å²) in [5, 5.41) is 9.04. The molecule has 1 aromatic heterocycles. The molecule has 2 unspecified atom stereocenters. The fourth-order valence-electron chi connectivity index (χ4n) is 3.23. The van der Waals surface area contributed by atoms with Crippen LogP contribution >= 0.6 is 11.8 Å². The second-order valence-electron chi connectivity index (χ2n) is 6.11. The number of furan rings is 1. The van der Waals surface area contributed by atoms with E-state index in [9.17, 15) is 14.4 Å². The quantitative estimate of drug-likeness (QED) is 0.852. The number of thioether (sulfide) groups is 1. The van der Waals surface area contributed by atoms with E-state index >= 15 is 0 Å². The highest BCUT2D eigenvalue weighted by molar-refractivity contribution is 7.99. The number of carboxylic acid groups (broad SMARTS) is 1. The fourth-order valence-corrected chi connectivity index (χ4v) is 4.29. The van der Waals surface area contributed by atoms with Gasteiger partial charge in [0.05, 0.1) is 31.2 Å². The van der Waals surface area contributed by atoms with E-state index in [2.05, 4.69) is 0 Å². The second-order valence-corrected chi connectivity index (χ2v) is 7.26. The smallest absolute Gasteiger partial charge is 0.305 e. The molecule has 2 aliphatic rings. The van der Waals surface area contributed by atoms with Gasteiger partial charge in [-0.3, -0.25) is 14.4 Å². The molecule has 2 amide bonds. The van der Waals surface area contributed by atoms with Gasteiger partial charge in [0, 0.05) is 31.0 Å². The van der Waals surface area contributed by atoms with Gasteiger partial charge in [0.1, 0.15) is 5.76 Å². The Morgan fingerprint density at radius 2 is 2.25 bits per heavy atom. The van der Waals surface area contributed by atoms with E-state index in [1.165, 1.54) is 0 Å². The fraction of sp³-hybridized carbons (Fsp3) is 0.562. The summed E-state index contributed by atoms with van der Waals surface area (Å²) < 4.78 is 5.26. The van der Waals surface area contributed by atoms with Gasteiger partial charge in [-0.15, -0.1) is 0 Å². The topological polar surface area (TPSA) is 91.1 Å². The van der Waals surface area contributed by atoms with Gasteiger partial charge in [-0.1, -0.05) is 0 Å². The van der Waals surface area contributed by atoms with E-state index < -0.39 is 11.9 Å². The summed E-state index contributed by atoms with van der Waals surface area (Å²) in [7, 11) is 0. The Hall–Kier alpha value is -1.96. The van der Waals surface area contributed by atoms with Gasteiger partial charge in [-0.25, -0.2) is 0 Å². The van der Waals surface area contributed by atoms with Crippen LogP contribution in [0, 0.1) is 5.92 Å². The minimum atomic E-state index is -0.901. The summed E-state index contributed by atoms with van der Waals surface area (Å²) in [6.07, 6.45) is 1.69. The van der Waals surface area contributed by atoms with Crippen LogP contribution in [0.3, 0.4) is 0 Å². The van der Waals surface area contributed by atoms with Crippen LogP contribution in [0.5, 0.6) is 0 Å². The zero-order valence-corrected chi connectivity index (χ0v) is 14.0. The van der Waals surface area contributed by atoms with Crippen LogP contribution in [-0.4, -0.2) is 63.3 Å². The molecular formula is C16H20N2O5S. The normalized spacial score (nSPS) is 24.4. The number of aliphatic carboxylic acids is 1. The van der Waals surface area contributed by atoms with Crippen molar-refractivity contribution in [1.82, 2.24) is 9.80 Å². The molecule has 2 fully saturated rings. The van der Waals surface area contributed by atoms with Gasteiger partial charge < -0.3 is 19.3 Å². The highest BCUT2D eigenvalue weighted by atomic mass is 32.2. The summed E-state index contributed by atoms with van der Waals surface area (Å²) in [6.45, 7) is 1.27. The maximum atomic E-state index is 12.8. The van der Waals surface area contributed by atoms with E-state index in [0.717, 1.165) is 5.75 Å². The lowest BCUT2D eigenvalue weighted by molar-refractivity contribution is -0.142. The molecular weight excluding hydrogens is 332 g/mol. The number of likely N-dealkylation sites (tertiary alicyclic amines) is 1. The average molecular weight is 352 g/mol. The van der Waals surface area contributed by atoms with Gasteiger partial charge >= 0.3 is 5.97 Å². The molecule has 0 radical (unpaired) electrons. The van der Waals surface area contributed by atoms with Gasteiger partial charge in [0.2, 0.25) is 11.8 Å². The predicted molar refractivity (Wildman–Crippen MR) is 87.3 cm³/mol. The Kier molecular flexibility index (Phi) is 5.13. The van der Waals surface area contributed by atoms with Gasteiger partial charge in [0.15, 0.2) is 0 Å². The highest BCUT2D eigenvalue weighted by Gasteiger charge is 2.39. The van der Waals surface area contributed by atoms with Crippen molar-refractivity contribution in [3.63, 3.8) is 0 Å². The molecule has 0 spiro atoms. The first-order valence-corrected chi connectivity index (χ1v) is 9.10. The lowest BCUT2D eigenvalue weighted by Crippen LogP contribution is -2.49. The van der Waals surface area contributed by atoms with Crippen LogP contribution in [0.15, 0.2) is 22.8 Å². The molecule has 1 N–H and O–H groups in total. The number of carboxylic acids is 1. The van der Waals surface area contributed by atoms with Crippen LogP contribution < -0.4 is 0 Å². The minimum Gasteiger partial charge on any atom is -0.481 e. The lowest BCUT2D eigenvalue weighted by atomic mass is 10.0. The van der Waals surface area contributed by atoms with Crippen molar-refractivity contribution in [2.75, 3.05) is 24.6 Å². The Morgan fingerprint density at radius 1 is 1.42 bits per heavy atom. The maximum absolute atomic E-state index is 12.8. The third-order valence-corrected chi connectivity index (χ3v) is 5.50. The predicted octanol–water partition coefficient (Wildman–Crippen LogP) is 1.05. The summed E-state index contributed by atoms with van der Waals surface area (Å²) in [5.41, 5.74) is 0. The van der Waals surface area contributed by atoms with Crippen LogP contribution in [0.2, 0.25) is 0 Å². The van der Waals surface area contributed by atoms with Gasteiger partial charge in [-0.05, 0) is 12.1 Å². The average Bonchev–Trinajstić information content (AvgIpc) is 3.18. The molecule has 3 heterocycles. The number of carbonyl (C=O) groups is 3. The second kappa shape index (κ2) is 7.29. The molecule has 0 bridgehead atoms. The van der Waals surface area contributed by atoms with Gasteiger partial charge in [0.25, 0.3) is 0 Å². The number of hydrogen-bond donors (Lipinski definition) is 1. The third kappa shape index (κ3) is 3.75. The summed E-state index contributed by atoms with van der Waals surface area (Å²) in [5.74, 6) is 0.666. The van der Waals surface area contributed by atoms with Crippen molar-refractivity contribution in [2.24, 2.45) is 5.92 Å². The van der Waals surface area contributed by atoms with E-state index in [1.54, 1.807) is 40.0 Å². The molecule has 8 heteroatoms. The van der Waals surface area contributed by atoms with Crippen molar-refractivity contribution in [2.45, 2.75) is 25.4 Å². The number of amides is 2. The summed E-state index contributed by atoms with van der Waals surface area (Å²) in [6, 6.07) is 3.27. The zero-order chi connectivity index (χ0) is 17.1. The van der Waals surface area contributed by atoms with Crippen molar-refractivity contribution in [1.29, 1.82) is 0 Å². The monoisotopic (exact) mass is 352 g/mol. The molecule has 3 rings (SSSR count). The first kappa shape index (κ1) is 16.9. The summed E-state index contributed by atoms with van der Waals surface area (Å²) in [4.78, 5) is 39.3. The minimum absolute atomic E-state index is 0.0461. The molecule has 130 valence electrons. The third-order valence-electron chi connectivity index (χ3n) is 4.41. The zero-order valence-electron chi connectivity index (χ0n) is 13.2. The maximum Gasteiger partial charge on any atom is 0.305 e. The first-order valence-electron chi connectivity index (χ1n) is 7.94. The molecule has 7 nitrogen and oxygen atoms in total. The molecule has 0 aromatic carbocycles. The molecule has 1 aromatic rings. The van der Waals surface area contributed by atoms with Crippen molar-refractivity contribution >= 4 is 29.5 Å². The Morgan fingerprint density at radius 3 is 2.96 bits per heavy atom. The number of nitrogens with zero attached hydrogens (tertiary/aromatic N) is 2. The Balaban J connectivity index is 1.64. The number of rotatable bonds is 5. The van der Waals surface area contributed by atoms with Crippen LogP contribution in [0.25, 0.3) is 0 Å². The molecule has 2 saturated heterocycles. The van der Waals surface area contributed by atoms with Crippen LogP contribution in [-0.2, 0) is 20.9 Å². The molecule has 2 atom stereocenters. The number of carbonyl (C=O) groups excluding carboxylic acids is 2. The lowest BCUT2D eigenvalue weighted by Gasteiger charge is -2.36. The highest BCUT2D eigenvalue weighted by Crippen LogP contribution is 2.26. The molecule has 0 saturated carbocycles. The van der Waals surface area contributed by atoms with Crippen LogP contribution in [0.4, 0.5) is 0 Å². The van der Waals surface area contributed by atoms with E-state index in [-0.39, 0.29) is 30.7 Å². The van der Waals surface area contributed by atoms with Crippen molar-refractivity contribution in [3.05, 3.63) is 24.2 Å². The van der Waals surface area contributed by atoms with Crippen molar-refractivity contribution in [3.8, 4) is 0 Å². The Labute approximate surface area is 144 Å². The summed E-state index contributed by atoms with van der Waals surface area (Å²) >= 11 is 1.67. The molecule has 2 aliphatic heterocycles. The number of hydrogen-bond acceptors (Lipinski definition) is 5. The van der Waals surface area contributed by atoms with Gasteiger partial charge in [-0.2, -0.15) is 11.8 Å².